The minimum absolute atomic E-state index is 0.937. The topological polar surface area (TPSA) is 27.7 Å². The summed E-state index contributed by atoms with van der Waals surface area (Å²) >= 11 is 0. The van der Waals surface area contributed by atoms with Crippen LogP contribution in [-0.4, -0.2) is 60.8 Å². The molecule has 0 bridgehead atoms. The van der Waals surface area contributed by atoms with Gasteiger partial charge >= 0.3 is 8.80 Å². The van der Waals surface area contributed by atoms with Crippen LogP contribution < -0.4 is 0 Å². The van der Waals surface area contributed by atoms with Gasteiger partial charge in [-0.05, 0) is 44.9 Å². The molecule has 0 amide bonds. The van der Waals surface area contributed by atoms with Crippen LogP contribution in [0.4, 0.5) is 0 Å². The monoisotopic (exact) mass is 346 g/mol. The molecule has 1 aliphatic heterocycles. The van der Waals surface area contributed by atoms with Crippen molar-refractivity contribution in [3.63, 3.8) is 0 Å². The van der Waals surface area contributed by atoms with Gasteiger partial charge in [0.15, 0.2) is 0 Å². The Bertz CT molecular complexity index is 284. The Kier molecular flexibility index (Phi) is 10.6. The predicted molar refractivity (Wildman–Crippen MR) is 98.5 cm³/mol. The van der Waals surface area contributed by atoms with Crippen molar-refractivity contribution < 1.29 is 17.8 Å². The highest BCUT2D eigenvalue weighted by molar-refractivity contribution is 6.60. The van der Waals surface area contributed by atoms with Gasteiger partial charge in [0.25, 0.3) is 0 Å². The van der Waals surface area contributed by atoms with Gasteiger partial charge in [-0.25, -0.2) is 0 Å². The summed E-state index contributed by atoms with van der Waals surface area (Å²) in [6.45, 7) is 7.80. The van der Waals surface area contributed by atoms with Crippen molar-refractivity contribution in [3.05, 3.63) is 0 Å². The molecule has 1 heterocycles. The van der Waals surface area contributed by atoms with Crippen LogP contribution in [0, 0.1) is 0 Å². The Morgan fingerprint density at radius 3 is 1.83 bits per heavy atom. The number of quaternary nitrogens is 1. The van der Waals surface area contributed by atoms with E-state index in [1.807, 2.05) is 0 Å². The summed E-state index contributed by atoms with van der Waals surface area (Å²) in [7, 11) is 2.77. The lowest BCUT2D eigenvalue weighted by molar-refractivity contribution is -0.932. The van der Waals surface area contributed by atoms with E-state index in [4.69, 9.17) is 13.3 Å². The summed E-state index contributed by atoms with van der Waals surface area (Å²) in [5, 5.41) is 0. The minimum Gasteiger partial charge on any atom is -0.377 e. The lowest BCUT2D eigenvalue weighted by Gasteiger charge is -2.42. The SMILES string of the molecule is CCCCCC[N+]1(CCCC[Si](OC)(OC)OC)CCCCC1. The maximum Gasteiger partial charge on any atom is 0.500 e. The third-order valence-corrected chi connectivity index (χ3v) is 8.38. The summed E-state index contributed by atoms with van der Waals surface area (Å²) in [5.41, 5.74) is 0. The van der Waals surface area contributed by atoms with E-state index in [0.29, 0.717) is 0 Å². The Morgan fingerprint density at radius 2 is 1.30 bits per heavy atom. The van der Waals surface area contributed by atoms with Crippen LogP contribution in [0.3, 0.4) is 0 Å². The van der Waals surface area contributed by atoms with Gasteiger partial charge in [-0.3, -0.25) is 0 Å². The van der Waals surface area contributed by atoms with Gasteiger partial charge in [0, 0.05) is 27.4 Å². The first-order chi connectivity index (χ1) is 11.2. The Hall–Kier alpha value is 0.0569. The molecule has 0 unspecified atom stereocenters. The predicted octanol–water partition coefficient (Wildman–Crippen LogP) is 4.23. The first-order valence-corrected chi connectivity index (χ1v) is 11.6. The second-order valence-electron chi connectivity index (χ2n) is 7.11. The van der Waals surface area contributed by atoms with E-state index in [1.165, 1.54) is 82.0 Å². The van der Waals surface area contributed by atoms with Crippen molar-refractivity contribution >= 4 is 8.80 Å². The van der Waals surface area contributed by atoms with Gasteiger partial charge in [0.05, 0.1) is 26.2 Å². The minimum atomic E-state index is -2.37. The zero-order valence-corrected chi connectivity index (χ0v) is 17.1. The molecule has 23 heavy (non-hydrogen) atoms. The van der Waals surface area contributed by atoms with Crippen LogP contribution in [0.15, 0.2) is 0 Å². The van der Waals surface area contributed by atoms with Gasteiger partial charge in [0.2, 0.25) is 0 Å². The third kappa shape index (κ3) is 7.22. The molecule has 1 rings (SSSR count). The summed E-state index contributed by atoms with van der Waals surface area (Å²) in [5.74, 6) is 0. The van der Waals surface area contributed by atoms with E-state index >= 15 is 0 Å². The van der Waals surface area contributed by atoms with Crippen LogP contribution >= 0.6 is 0 Å². The molecule has 0 aromatic heterocycles. The van der Waals surface area contributed by atoms with Gasteiger partial charge in [-0.15, -0.1) is 0 Å². The van der Waals surface area contributed by atoms with Crippen molar-refractivity contribution in [1.29, 1.82) is 0 Å². The zero-order chi connectivity index (χ0) is 17.0. The average molecular weight is 347 g/mol. The molecule has 0 atom stereocenters. The highest BCUT2D eigenvalue weighted by atomic mass is 28.4. The summed E-state index contributed by atoms with van der Waals surface area (Å²) in [6.07, 6.45) is 12.2. The van der Waals surface area contributed by atoms with Gasteiger partial charge < -0.3 is 17.8 Å². The van der Waals surface area contributed by atoms with E-state index in [0.717, 1.165) is 12.5 Å². The van der Waals surface area contributed by atoms with Gasteiger partial charge in [0.1, 0.15) is 0 Å². The number of nitrogens with zero attached hydrogens (tertiary/aromatic N) is 1. The fourth-order valence-corrected chi connectivity index (χ4v) is 5.76. The van der Waals surface area contributed by atoms with Crippen molar-refractivity contribution in [2.45, 2.75) is 70.8 Å². The molecule has 0 aromatic carbocycles. The highest BCUT2D eigenvalue weighted by Gasteiger charge is 2.37. The molecule has 0 saturated carbocycles. The molecule has 1 fully saturated rings. The van der Waals surface area contributed by atoms with E-state index in [2.05, 4.69) is 6.92 Å². The molecule has 0 radical (unpaired) electrons. The van der Waals surface area contributed by atoms with Crippen LogP contribution in [0.25, 0.3) is 0 Å². The number of piperidine rings is 1. The Balaban J connectivity index is 2.38. The first-order valence-electron chi connectivity index (χ1n) is 9.66. The molecule has 138 valence electrons. The summed E-state index contributed by atoms with van der Waals surface area (Å²) in [6, 6.07) is 0.937. The quantitative estimate of drug-likeness (QED) is 0.284. The number of likely N-dealkylation sites (tertiary alicyclic amines) is 1. The lowest BCUT2D eigenvalue weighted by Crippen LogP contribution is -2.52. The number of hydrogen-bond acceptors (Lipinski definition) is 3. The van der Waals surface area contributed by atoms with E-state index in [1.54, 1.807) is 21.3 Å². The molecule has 0 spiro atoms. The first kappa shape index (κ1) is 21.1. The highest BCUT2D eigenvalue weighted by Crippen LogP contribution is 2.23. The summed E-state index contributed by atoms with van der Waals surface area (Å²) < 4.78 is 18.0. The van der Waals surface area contributed by atoms with Crippen LogP contribution in [-0.2, 0) is 13.3 Å². The van der Waals surface area contributed by atoms with Crippen LogP contribution in [0.5, 0.6) is 0 Å². The number of rotatable bonds is 13. The maximum absolute atomic E-state index is 5.53. The zero-order valence-electron chi connectivity index (χ0n) is 16.1. The molecule has 0 aliphatic carbocycles. The molecular weight excluding hydrogens is 306 g/mol. The second kappa shape index (κ2) is 11.6. The molecule has 0 aromatic rings. The van der Waals surface area contributed by atoms with Crippen molar-refractivity contribution in [2.24, 2.45) is 0 Å². The third-order valence-electron chi connectivity index (χ3n) is 5.55. The van der Waals surface area contributed by atoms with E-state index in [-0.39, 0.29) is 0 Å². The Labute approximate surface area is 145 Å². The lowest BCUT2D eigenvalue weighted by atomic mass is 10.0. The normalized spacial score (nSPS) is 18.3. The van der Waals surface area contributed by atoms with Crippen LogP contribution in [0.1, 0.15) is 64.7 Å². The fraction of sp³-hybridized carbons (Fsp3) is 1.00. The molecular formula is C18H40NO3Si+. The largest absolute Gasteiger partial charge is 0.500 e. The maximum atomic E-state index is 5.53. The standard InChI is InChI=1S/C18H40NO3Si/c1-5-6-7-9-14-19(15-10-8-11-16-19)17-12-13-18-23(20-2,21-3)22-4/h5-18H2,1-4H3/q+1. The molecule has 1 aliphatic rings. The van der Waals surface area contributed by atoms with Gasteiger partial charge in [-0.2, -0.15) is 0 Å². The smallest absolute Gasteiger partial charge is 0.377 e. The number of hydrogen-bond donors (Lipinski definition) is 0. The van der Waals surface area contributed by atoms with E-state index < -0.39 is 8.80 Å². The van der Waals surface area contributed by atoms with E-state index in [9.17, 15) is 0 Å². The van der Waals surface area contributed by atoms with Gasteiger partial charge in [-0.1, -0.05) is 19.8 Å². The molecule has 5 heteroatoms. The van der Waals surface area contributed by atoms with Crippen LogP contribution in [0.2, 0.25) is 6.04 Å². The fourth-order valence-electron chi connectivity index (χ4n) is 3.96. The molecule has 1 saturated heterocycles. The number of unbranched alkanes of at least 4 members (excludes halogenated alkanes) is 4. The second-order valence-corrected chi connectivity index (χ2v) is 10.2. The van der Waals surface area contributed by atoms with Crippen molar-refractivity contribution in [3.8, 4) is 0 Å². The van der Waals surface area contributed by atoms with Crippen molar-refractivity contribution in [2.75, 3.05) is 47.5 Å². The molecule has 4 nitrogen and oxygen atoms in total. The average Bonchev–Trinajstić information content (AvgIpc) is 2.61. The molecule has 0 N–H and O–H groups in total. The summed E-state index contributed by atoms with van der Waals surface area (Å²) in [4.78, 5) is 0. The van der Waals surface area contributed by atoms with Crippen molar-refractivity contribution in [1.82, 2.24) is 0 Å². The Morgan fingerprint density at radius 1 is 0.739 bits per heavy atom.